The number of aromatic nitrogens is 2. The van der Waals surface area contributed by atoms with E-state index in [4.69, 9.17) is 0 Å². The molecule has 0 aliphatic carbocycles. The number of rotatable bonds is 5. The number of fused-ring (bicyclic) bond motifs is 1. The van der Waals surface area contributed by atoms with Crippen LogP contribution in [-0.2, 0) is 11.2 Å². The molecule has 0 spiro atoms. The number of nitrogens with zero attached hydrogens (tertiary/aromatic N) is 2. The Bertz CT molecular complexity index is 502. The van der Waals surface area contributed by atoms with Gasteiger partial charge < -0.3 is 15.0 Å². The highest BCUT2D eigenvalue weighted by Crippen LogP contribution is 2.04. The largest absolute Gasteiger partial charge is 0.354 e. The Morgan fingerprint density at radius 3 is 3.06 bits per heavy atom. The van der Waals surface area contributed by atoms with Crippen molar-refractivity contribution in [3.63, 3.8) is 0 Å². The second-order valence-electron chi connectivity index (χ2n) is 4.37. The van der Waals surface area contributed by atoms with E-state index in [1.807, 2.05) is 49.0 Å². The third-order valence-corrected chi connectivity index (χ3v) is 2.85. The van der Waals surface area contributed by atoms with Crippen LogP contribution in [0.1, 0.15) is 12.6 Å². The van der Waals surface area contributed by atoms with E-state index in [9.17, 15) is 4.79 Å². The summed E-state index contributed by atoms with van der Waals surface area (Å²) in [5.74, 6) is 0.000469. The van der Waals surface area contributed by atoms with Crippen LogP contribution in [0.3, 0.4) is 0 Å². The van der Waals surface area contributed by atoms with Crippen molar-refractivity contribution >= 4 is 11.6 Å². The molecule has 2 aromatic rings. The molecule has 0 radical (unpaired) electrons. The minimum absolute atomic E-state index is 0.000469. The molecule has 1 unspecified atom stereocenters. The first-order chi connectivity index (χ1) is 8.69. The highest BCUT2D eigenvalue weighted by molar-refractivity contribution is 5.78. The lowest BCUT2D eigenvalue weighted by Gasteiger charge is -2.10. The SMILES string of the molecule is CNC(C)CNC(=O)Cc1cn2ccccc2n1. The lowest BCUT2D eigenvalue weighted by molar-refractivity contribution is -0.120. The Kier molecular flexibility index (Phi) is 3.94. The van der Waals surface area contributed by atoms with E-state index in [1.165, 1.54) is 0 Å². The summed E-state index contributed by atoms with van der Waals surface area (Å²) in [5.41, 5.74) is 1.65. The quantitative estimate of drug-likeness (QED) is 0.812. The predicted molar refractivity (Wildman–Crippen MR) is 70.4 cm³/mol. The maximum atomic E-state index is 11.7. The van der Waals surface area contributed by atoms with Crippen LogP contribution in [0.2, 0.25) is 0 Å². The number of pyridine rings is 1. The van der Waals surface area contributed by atoms with E-state index in [-0.39, 0.29) is 11.9 Å². The molecule has 0 fully saturated rings. The Morgan fingerprint density at radius 2 is 2.33 bits per heavy atom. The van der Waals surface area contributed by atoms with Gasteiger partial charge in [-0.15, -0.1) is 0 Å². The van der Waals surface area contributed by atoms with Crippen LogP contribution >= 0.6 is 0 Å². The van der Waals surface area contributed by atoms with E-state index < -0.39 is 0 Å². The highest BCUT2D eigenvalue weighted by Gasteiger charge is 2.08. The minimum atomic E-state index is 0.000469. The molecule has 0 bridgehead atoms. The molecule has 2 heterocycles. The number of carbonyl (C=O) groups is 1. The normalized spacial score (nSPS) is 12.6. The zero-order valence-corrected chi connectivity index (χ0v) is 10.7. The number of hydrogen-bond donors (Lipinski definition) is 2. The molecular weight excluding hydrogens is 228 g/mol. The van der Waals surface area contributed by atoms with Crippen LogP contribution < -0.4 is 10.6 Å². The number of amides is 1. The summed E-state index contributed by atoms with van der Waals surface area (Å²) in [6, 6.07) is 6.06. The second kappa shape index (κ2) is 5.64. The van der Waals surface area contributed by atoms with Gasteiger partial charge in [0.25, 0.3) is 0 Å². The van der Waals surface area contributed by atoms with Gasteiger partial charge in [0, 0.05) is 25.0 Å². The smallest absolute Gasteiger partial charge is 0.226 e. The Balaban J connectivity index is 1.94. The third kappa shape index (κ3) is 3.07. The lowest BCUT2D eigenvalue weighted by atomic mass is 10.3. The maximum Gasteiger partial charge on any atom is 0.226 e. The van der Waals surface area contributed by atoms with Gasteiger partial charge in [-0.05, 0) is 26.1 Å². The fourth-order valence-electron chi connectivity index (χ4n) is 1.67. The summed E-state index contributed by atoms with van der Waals surface area (Å²) in [5, 5.41) is 5.95. The summed E-state index contributed by atoms with van der Waals surface area (Å²) in [6.07, 6.45) is 4.13. The molecule has 2 rings (SSSR count). The number of imidazole rings is 1. The number of likely N-dealkylation sites (N-methyl/N-ethyl adjacent to an activating group) is 1. The van der Waals surface area contributed by atoms with Gasteiger partial charge >= 0.3 is 0 Å². The van der Waals surface area contributed by atoms with Crippen molar-refractivity contribution in [2.75, 3.05) is 13.6 Å². The first-order valence-electron chi connectivity index (χ1n) is 6.05. The van der Waals surface area contributed by atoms with Gasteiger partial charge in [0.05, 0.1) is 12.1 Å². The second-order valence-corrected chi connectivity index (χ2v) is 4.37. The Labute approximate surface area is 106 Å². The molecule has 0 saturated heterocycles. The van der Waals surface area contributed by atoms with Gasteiger partial charge in [-0.3, -0.25) is 4.79 Å². The summed E-state index contributed by atoms with van der Waals surface area (Å²) < 4.78 is 1.92. The number of carbonyl (C=O) groups excluding carboxylic acids is 1. The van der Waals surface area contributed by atoms with Crippen LogP contribution in [0, 0.1) is 0 Å². The molecule has 1 amide bonds. The molecule has 2 N–H and O–H groups in total. The van der Waals surface area contributed by atoms with Gasteiger partial charge in [0.2, 0.25) is 5.91 Å². The zero-order chi connectivity index (χ0) is 13.0. The van der Waals surface area contributed by atoms with Gasteiger partial charge in [0.15, 0.2) is 0 Å². The fourth-order valence-corrected chi connectivity index (χ4v) is 1.67. The average Bonchev–Trinajstić information content (AvgIpc) is 2.77. The standard InChI is InChI=1S/C13H18N4O/c1-10(14-2)8-15-13(18)7-11-9-17-6-4-3-5-12(17)16-11/h3-6,9-10,14H,7-8H2,1-2H3,(H,15,18). The summed E-state index contributed by atoms with van der Waals surface area (Å²) >= 11 is 0. The van der Waals surface area contributed by atoms with Crippen LogP contribution in [0.25, 0.3) is 5.65 Å². The maximum absolute atomic E-state index is 11.7. The molecule has 18 heavy (non-hydrogen) atoms. The zero-order valence-electron chi connectivity index (χ0n) is 10.7. The summed E-state index contributed by atoms with van der Waals surface area (Å²) in [4.78, 5) is 16.1. The van der Waals surface area contributed by atoms with Crippen molar-refractivity contribution in [3.8, 4) is 0 Å². The monoisotopic (exact) mass is 246 g/mol. The molecule has 0 saturated carbocycles. The molecule has 2 aromatic heterocycles. The van der Waals surface area contributed by atoms with E-state index >= 15 is 0 Å². The van der Waals surface area contributed by atoms with Crippen molar-refractivity contribution < 1.29 is 4.79 Å². The molecule has 5 heteroatoms. The molecule has 0 aliphatic heterocycles. The molecule has 1 atom stereocenters. The van der Waals surface area contributed by atoms with Crippen molar-refractivity contribution in [1.82, 2.24) is 20.0 Å². The van der Waals surface area contributed by atoms with E-state index in [0.717, 1.165) is 11.3 Å². The summed E-state index contributed by atoms with van der Waals surface area (Å²) in [6.45, 7) is 2.65. The first kappa shape index (κ1) is 12.6. The van der Waals surface area contributed by atoms with Gasteiger partial charge in [0.1, 0.15) is 5.65 Å². The molecule has 96 valence electrons. The van der Waals surface area contributed by atoms with Crippen molar-refractivity contribution in [3.05, 3.63) is 36.3 Å². The van der Waals surface area contributed by atoms with Crippen molar-refractivity contribution in [2.45, 2.75) is 19.4 Å². The van der Waals surface area contributed by atoms with E-state index in [2.05, 4.69) is 15.6 Å². The topological polar surface area (TPSA) is 58.4 Å². The van der Waals surface area contributed by atoms with Gasteiger partial charge in [-0.25, -0.2) is 4.98 Å². The van der Waals surface area contributed by atoms with Crippen LogP contribution in [-0.4, -0.2) is 34.9 Å². The Hall–Kier alpha value is -1.88. The summed E-state index contributed by atoms with van der Waals surface area (Å²) in [7, 11) is 1.87. The Morgan fingerprint density at radius 1 is 1.50 bits per heavy atom. The van der Waals surface area contributed by atoms with E-state index in [0.29, 0.717) is 13.0 Å². The fraction of sp³-hybridized carbons (Fsp3) is 0.385. The molecule has 0 aromatic carbocycles. The van der Waals surface area contributed by atoms with Gasteiger partial charge in [-0.2, -0.15) is 0 Å². The molecule has 0 aliphatic rings. The van der Waals surface area contributed by atoms with Crippen LogP contribution in [0.4, 0.5) is 0 Å². The minimum Gasteiger partial charge on any atom is -0.354 e. The molecule has 5 nitrogen and oxygen atoms in total. The van der Waals surface area contributed by atoms with Crippen LogP contribution in [0.15, 0.2) is 30.6 Å². The first-order valence-corrected chi connectivity index (χ1v) is 6.05. The van der Waals surface area contributed by atoms with Crippen molar-refractivity contribution in [1.29, 1.82) is 0 Å². The third-order valence-electron chi connectivity index (χ3n) is 2.85. The molecular formula is C13H18N4O. The van der Waals surface area contributed by atoms with Gasteiger partial charge in [-0.1, -0.05) is 6.07 Å². The average molecular weight is 246 g/mol. The lowest BCUT2D eigenvalue weighted by Crippen LogP contribution is -2.37. The number of nitrogens with one attached hydrogen (secondary N) is 2. The number of hydrogen-bond acceptors (Lipinski definition) is 3. The van der Waals surface area contributed by atoms with E-state index in [1.54, 1.807) is 0 Å². The highest BCUT2D eigenvalue weighted by atomic mass is 16.1. The predicted octanol–water partition coefficient (Wildman–Crippen LogP) is 0.601. The van der Waals surface area contributed by atoms with Crippen molar-refractivity contribution in [2.24, 2.45) is 0 Å². The van der Waals surface area contributed by atoms with Crippen LogP contribution in [0.5, 0.6) is 0 Å².